The standard InChI is InChI=1S/C20H25FN2O2/c1-16(24)23(14-12-17-5-3-2-4-6-17)22-13-11-20(25)15-18-7-9-19(21)10-8-18/h2-10,20,22,25H,11-15H2,1H3. The molecule has 25 heavy (non-hydrogen) atoms. The Hall–Kier alpha value is -2.24. The van der Waals surface area contributed by atoms with Crippen LogP contribution >= 0.6 is 0 Å². The molecule has 0 saturated carbocycles. The van der Waals surface area contributed by atoms with Gasteiger partial charge < -0.3 is 5.11 Å². The van der Waals surface area contributed by atoms with Gasteiger partial charge in [-0.25, -0.2) is 9.82 Å². The fourth-order valence-corrected chi connectivity index (χ4v) is 2.59. The van der Waals surface area contributed by atoms with Crippen molar-refractivity contribution in [3.63, 3.8) is 0 Å². The van der Waals surface area contributed by atoms with E-state index in [0.29, 0.717) is 25.9 Å². The Bertz CT molecular complexity index is 647. The molecule has 2 aromatic rings. The first-order valence-corrected chi connectivity index (χ1v) is 8.52. The molecule has 0 spiro atoms. The van der Waals surface area contributed by atoms with Crippen LogP contribution in [0.3, 0.4) is 0 Å². The van der Waals surface area contributed by atoms with E-state index < -0.39 is 6.10 Å². The van der Waals surface area contributed by atoms with Gasteiger partial charge in [-0.05, 0) is 42.5 Å². The lowest BCUT2D eigenvalue weighted by molar-refractivity contribution is -0.132. The number of hydrogen-bond donors (Lipinski definition) is 2. The molecule has 0 aliphatic heterocycles. The third-order valence-electron chi connectivity index (χ3n) is 4.01. The normalized spacial score (nSPS) is 12.0. The first kappa shape index (κ1) is 19.1. The first-order chi connectivity index (χ1) is 12.0. The molecule has 2 aromatic carbocycles. The predicted molar refractivity (Wildman–Crippen MR) is 96.3 cm³/mol. The van der Waals surface area contributed by atoms with E-state index in [9.17, 15) is 14.3 Å². The van der Waals surface area contributed by atoms with E-state index >= 15 is 0 Å². The maximum absolute atomic E-state index is 12.9. The van der Waals surface area contributed by atoms with Crippen molar-refractivity contribution in [3.05, 3.63) is 71.5 Å². The molecule has 0 saturated heterocycles. The highest BCUT2D eigenvalue weighted by molar-refractivity contribution is 5.72. The number of aliphatic hydroxyl groups is 1. The van der Waals surface area contributed by atoms with E-state index in [2.05, 4.69) is 5.43 Å². The van der Waals surface area contributed by atoms with Crippen LogP contribution in [0, 0.1) is 5.82 Å². The topological polar surface area (TPSA) is 52.6 Å². The van der Waals surface area contributed by atoms with Gasteiger partial charge in [0.1, 0.15) is 5.82 Å². The molecule has 4 nitrogen and oxygen atoms in total. The lowest BCUT2D eigenvalue weighted by atomic mass is 10.1. The molecular formula is C20H25FN2O2. The number of hydrogen-bond acceptors (Lipinski definition) is 3. The Labute approximate surface area is 148 Å². The second-order valence-electron chi connectivity index (χ2n) is 6.09. The SMILES string of the molecule is CC(=O)N(CCc1ccccc1)NCCC(O)Cc1ccc(F)cc1. The second kappa shape index (κ2) is 9.91. The molecule has 0 radical (unpaired) electrons. The minimum Gasteiger partial charge on any atom is -0.393 e. The largest absolute Gasteiger partial charge is 0.393 e. The zero-order valence-corrected chi connectivity index (χ0v) is 14.5. The van der Waals surface area contributed by atoms with E-state index in [-0.39, 0.29) is 11.7 Å². The minimum atomic E-state index is -0.541. The number of nitrogens with one attached hydrogen (secondary N) is 1. The molecule has 0 aliphatic carbocycles. The quantitative estimate of drug-likeness (QED) is 0.688. The van der Waals surface area contributed by atoms with Gasteiger partial charge in [-0.1, -0.05) is 42.5 Å². The first-order valence-electron chi connectivity index (χ1n) is 8.52. The van der Waals surface area contributed by atoms with Crippen LogP contribution in [0.15, 0.2) is 54.6 Å². The summed E-state index contributed by atoms with van der Waals surface area (Å²) in [5.74, 6) is -0.334. The van der Waals surface area contributed by atoms with Crippen LogP contribution in [0.2, 0.25) is 0 Å². The summed E-state index contributed by atoms with van der Waals surface area (Å²) in [6.45, 7) is 2.59. The van der Waals surface area contributed by atoms with E-state index in [1.165, 1.54) is 24.6 Å². The fraction of sp³-hybridized carbons (Fsp3) is 0.350. The van der Waals surface area contributed by atoms with Crippen molar-refractivity contribution in [1.29, 1.82) is 0 Å². The Balaban J connectivity index is 1.73. The van der Waals surface area contributed by atoms with Crippen molar-refractivity contribution in [1.82, 2.24) is 10.4 Å². The van der Waals surface area contributed by atoms with E-state index in [4.69, 9.17) is 0 Å². The molecule has 0 aliphatic rings. The van der Waals surface area contributed by atoms with Crippen molar-refractivity contribution in [2.24, 2.45) is 0 Å². The van der Waals surface area contributed by atoms with Crippen LogP contribution in [-0.2, 0) is 17.6 Å². The Morgan fingerprint density at radius 1 is 1.12 bits per heavy atom. The highest BCUT2D eigenvalue weighted by Crippen LogP contribution is 2.07. The number of carbonyl (C=O) groups excluding carboxylic acids is 1. The molecule has 1 amide bonds. The molecule has 5 heteroatoms. The Kier molecular flexibility index (Phi) is 7.57. The average molecular weight is 344 g/mol. The van der Waals surface area contributed by atoms with Gasteiger partial charge in [0.15, 0.2) is 0 Å². The fourth-order valence-electron chi connectivity index (χ4n) is 2.59. The van der Waals surface area contributed by atoms with Gasteiger partial charge in [0, 0.05) is 20.0 Å². The summed E-state index contributed by atoms with van der Waals surface area (Å²) >= 11 is 0. The zero-order valence-electron chi connectivity index (χ0n) is 14.5. The number of nitrogens with zero attached hydrogens (tertiary/aromatic N) is 1. The maximum atomic E-state index is 12.9. The molecule has 2 N–H and O–H groups in total. The van der Waals surface area contributed by atoms with Crippen LogP contribution < -0.4 is 5.43 Å². The van der Waals surface area contributed by atoms with Gasteiger partial charge in [0.05, 0.1) is 6.10 Å². The monoisotopic (exact) mass is 344 g/mol. The molecule has 0 fully saturated rings. The number of amides is 1. The number of aliphatic hydroxyl groups excluding tert-OH is 1. The molecule has 2 rings (SSSR count). The Morgan fingerprint density at radius 3 is 2.44 bits per heavy atom. The predicted octanol–water partition coefficient (Wildman–Crippen LogP) is 2.72. The van der Waals surface area contributed by atoms with Crippen LogP contribution in [0.5, 0.6) is 0 Å². The van der Waals surface area contributed by atoms with Crippen LogP contribution in [0.1, 0.15) is 24.5 Å². The molecule has 0 aromatic heterocycles. The van der Waals surface area contributed by atoms with Gasteiger partial charge in [-0.15, -0.1) is 0 Å². The second-order valence-corrected chi connectivity index (χ2v) is 6.09. The number of halogens is 1. The van der Waals surface area contributed by atoms with E-state index in [1.807, 2.05) is 30.3 Å². The summed E-state index contributed by atoms with van der Waals surface area (Å²) in [5, 5.41) is 11.7. The molecule has 134 valence electrons. The van der Waals surface area contributed by atoms with E-state index in [0.717, 1.165) is 12.0 Å². The van der Waals surface area contributed by atoms with Gasteiger partial charge in [0.2, 0.25) is 5.91 Å². The third kappa shape index (κ3) is 7.03. The molecule has 0 heterocycles. The lowest BCUT2D eigenvalue weighted by Crippen LogP contribution is -2.44. The van der Waals surface area contributed by atoms with Gasteiger partial charge in [-0.2, -0.15) is 0 Å². The Morgan fingerprint density at radius 2 is 1.80 bits per heavy atom. The summed E-state index contributed by atoms with van der Waals surface area (Å²) < 4.78 is 12.9. The van der Waals surface area contributed by atoms with Crippen molar-refractivity contribution >= 4 is 5.91 Å². The van der Waals surface area contributed by atoms with Crippen LogP contribution in [0.4, 0.5) is 4.39 Å². The highest BCUT2D eigenvalue weighted by atomic mass is 19.1. The molecule has 1 unspecified atom stereocenters. The van der Waals surface area contributed by atoms with Crippen molar-refractivity contribution in [2.75, 3.05) is 13.1 Å². The van der Waals surface area contributed by atoms with Crippen molar-refractivity contribution in [3.8, 4) is 0 Å². The number of benzene rings is 2. The summed E-state index contributed by atoms with van der Waals surface area (Å²) in [6, 6.07) is 16.1. The molecular weight excluding hydrogens is 319 g/mol. The summed E-state index contributed by atoms with van der Waals surface area (Å²) in [5.41, 5.74) is 5.14. The van der Waals surface area contributed by atoms with Crippen LogP contribution in [0.25, 0.3) is 0 Å². The van der Waals surface area contributed by atoms with Crippen molar-refractivity contribution < 1.29 is 14.3 Å². The summed E-state index contributed by atoms with van der Waals surface area (Å²) in [4.78, 5) is 11.7. The molecule has 0 bridgehead atoms. The lowest BCUT2D eigenvalue weighted by Gasteiger charge is -2.23. The zero-order chi connectivity index (χ0) is 18.1. The summed E-state index contributed by atoms with van der Waals surface area (Å²) in [7, 11) is 0. The van der Waals surface area contributed by atoms with E-state index in [1.54, 1.807) is 17.1 Å². The van der Waals surface area contributed by atoms with Crippen molar-refractivity contribution in [2.45, 2.75) is 32.3 Å². The van der Waals surface area contributed by atoms with Crippen LogP contribution in [-0.4, -0.2) is 35.2 Å². The van der Waals surface area contributed by atoms with Gasteiger partial charge >= 0.3 is 0 Å². The average Bonchev–Trinajstić information content (AvgIpc) is 2.60. The number of hydrazine groups is 1. The minimum absolute atomic E-state index is 0.0519. The third-order valence-corrected chi connectivity index (χ3v) is 4.01. The molecule has 1 atom stereocenters. The smallest absolute Gasteiger partial charge is 0.233 e. The highest BCUT2D eigenvalue weighted by Gasteiger charge is 2.10. The number of carbonyl (C=O) groups is 1. The number of rotatable bonds is 9. The maximum Gasteiger partial charge on any atom is 0.233 e. The van der Waals surface area contributed by atoms with Gasteiger partial charge in [-0.3, -0.25) is 9.80 Å². The van der Waals surface area contributed by atoms with Gasteiger partial charge in [0.25, 0.3) is 0 Å². The summed E-state index contributed by atoms with van der Waals surface area (Å²) in [6.07, 6.45) is 1.20.